The van der Waals surface area contributed by atoms with Crippen molar-refractivity contribution in [1.29, 1.82) is 0 Å². The number of H-pyrrole nitrogens is 1. The van der Waals surface area contributed by atoms with E-state index in [1.807, 2.05) is 0 Å². The van der Waals surface area contributed by atoms with Gasteiger partial charge in [-0.05, 0) is 6.07 Å². The third kappa shape index (κ3) is 2.13. The van der Waals surface area contributed by atoms with E-state index in [2.05, 4.69) is 25.1 Å². The van der Waals surface area contributed by atoms with E-state index in [1.165, 1.54) is 29.6 Å². The van der Waals surface area contributed by atoms with Crippen molar-refractivity contribution in [3.63, 3.8) is 0 Å². The molecule has 3 aromatic rings. The molecule has 102 valence electrons. The van der Waals surface area contributed by atoms with Crippen LogP contribution in [0, 0.1) is 0 Å². The lowest BCUT2D eigenvalue weighted by Gasteiger charge is -2.11. The van der Waals surface area contributed by atoms with Crippen molar-refractivity contribution >= 4 is 0 Å². The Bertz CT molecular complexity index is 702. The minimum atomic E-state index is -4.47. The van der Waals surface area contributed by atoms with Crippen LogP contribution in [0.15, 0.2) is 37.3 Å². The Labute approximate surface area is 110 Å². The predicted molar refractivity (Wildman–Crippen MR) is 61.7 cm³/mol. The molecular formula is C11H7F3N6. The van der Waals surface area contributed by atoms with E-state index in [4.69, 9.17) is 0 Å². The Morgan fingerprint density at radius 2 is 2.05 bits per heavy atom. The molecule has 0 bridgehead atoms. The monoisotopic (exact) mass is 280 g/mol. The summed E-state index contributed by atoms with van der Waals surface area (Å²) in [5.41, 5.74) is -0.368. The third-order valence-electron chi connectivity index (χ3n) is 2.62. The number of aromatic amines is 1. The van der Waals surface area contributed by atoms with Crippen molar-refractivity contribution in [3.8, 4) is 17.2 Å². The molecule has 0 aliphatic carbocycles. The molecule has 3 rings (SSSR count). The van der Waals surface area contributed by atoms with Gasteiger partial charge in [-0.25, -0.2) is 9.97 Å². The lowest BCUT2D eigenvalue weighted by molar-refractivity contribution is -0.137. The largest absolute Gasteiger partial charge is 0.417 e. The number of aromatic nitrogens is 6. The third-order valence-corrected chi connectivity index (χ3v) is 2.62. The maximum atomic E-state index is 12.8. The highest BCUT2D eigenvalue weighted by Crippen LogP contribution is 2.32. The number of nitrogens with zero attached hydrogens (tertiary/aromatic N) is 5. The van der Waals surface area contributed by atoms with Gasteiger partial charge in [-0.15, -0.1) is 0 Å². The molecule has 20 heavy (non-hydrogen) atoms. The molecule has 0 aliphatic rings. The molecule has 6 nitrogen and oxygen atoms in total. The van der Waals surface area contributed by atoms with Crippen molar-refractivity contribution in [3.05, 3.63) is 42.9 Å². The van der Waals surface area contributed by atoms with E-state index in [0.717, 1.165) is 12.3 Å². The minimum absolute atomic E-state index is 0.217. The first-order chi connectivity index (χ1) is 9.55. The molecule has 0 saturated carbocycles. The van der Waals surface area contributed by atoms with Crippen LogP contribution in [0.5, 0.6) is 0 Å². The number of imidazole rings is 1. The number of hydrogen-bond acceptors (Lipinski definition) is 4. The zero-order valence-corrected chi connectivity index (χ0v) is 9.83. The van der Waals surface area contributed by atoms with E-state index >= 15 is 0 Å². The zero-order valence-electron chi connectivity index (χ0n) is 9.83. The summed E-state index contributed by atoms with van der Waals surface area (Å²) in [6.07, 6.45) is 1.92. The molecule has 0 radical (unpaired) electrons. The number of pyridine rings is 1. The highest BCUT2D eigenvalue weighted by Gasteiger charge is 2.32. The Morgan fingerprint density at radius 1 is 1.20 bits per heavy atom. The van der Waals surface area contributed by atoms with Crippen molar-refractivity contribution in [1.82, 2.24) is 29.7 Å². The molecule has 9 heteroatoms. The van der Waals surface area contributed by atoms with Crippen LogP contribution in [0.1, 0.15) is 5.56 Å². The van der Waals surface area contributed by atoms with Gasteiger partial charge >= 0.3 is 6.18 Å². The quantitative estimate of drug-likeness (QED) is 0.780. The molecule has 0 atom stereocenters. The summed E-state index contributed by atoms with van der Waals surface area (Å²) < 4.78 is 39.8. The second kappa shape index (κ2) is 4.44. The summed E-state index contributed by atoms with van der Waals surface area (Å²) in [4.78, 5) is 11.6. The van der Waals surface area contributed by atoms with E-state index in [1.54, 1.807) is 0 Å². The fraction of sp³-hybridized carbons (Fsp3) is 0.0909. The summed E-state index contributed by atoms with van der Waals surface area (Å²) in [6.45, 7) is 0. The predicted octanol–water partition coefficient (Wildman–Crippen LogP) is 2.07. The van der Waals surface area contributed by atoms with Crippen LogP contribution >= 0.6 is 0 Å². The maximum Gasteiger partial charge on any atom is 0.417 e. The molecular weight excluding hydrogens is 273 g/mol. The van der Waals surface area contributed by atoms with Gasteiger partial charge in [0.25, 0.3) is 0 Å². The van der Waals surface area contributed by atoms with Gasteiger partial charge in [-0.3, -0.25) is 10.1 Å². The van der Waals surface area contributed by atoms with Gasteiger partial charge in [0.1, 0.15) is 12.0 Å². The number of nitrogens with one attached hydrogen (secondary N) is 1. The number of halogens is 3. The van der Waals surface area contributed by atoms with Crippen LogP contribution in [0.25, 0.3) is 17.2 Å². The molecule has 0 saturated heterocycles. The maximum absolute atomic E-state index is 12.8. The smallest absolute Gasteiger partial charge is 0.304 e. The van der Waals surface area contributed by atoms with Crippen molar-refractivity contribution < 1.29 is 13.2 Å². The average molecular weight is 280 g/mol. The van der Waals surface area contributed by atoms with E-state index < -0.39 is 11.7 Å². The topological polar surface area (TPSA) is 72.3 Å². The number of hydrogen-bond donors (Lipinski definition) is 1. The van der Waals surface area contributed by atoms with E-state index in [-0.39, 0.29) is 17.2 Å². The second-order valence-corrected chi connectivity index (χ2v) is 3.89. The Balaban J connectivity index is 2.21. The molecule has 0 fully saturated rings. The normalized spacial score (nSPS) is 11.8. The van der Waals surface area contributed by atoms with Gasteiger partial charge < -0.3 is 4.57 Å². The molecule has 0 aliphatic heterocycles. The van der Waals surface area contributed by atoms with Crippen LogP contribution < -0.4 is 0 Å². The van der Waals surface area contributed by atoms with Crippen molar-refractivity contribution in [2.75, 3.05) is 0 Å². The zero-order chi connectivity index (χ0) is 14.2. The van der Waals surface area contributed by atoms with E-state index in [0.29, 0.717) is 0 Å². The second-order valence-electron chi connectivity index (χ2n) is 3.89. The molecule has 1 N–H and O–H groups in total. The lowest BCUT2D eigenvalue weighted by atomic mass is 10.2. The summed E-state index contributed by atoms with van der Waals surface area (Å²) in [7, 11) is 0. The molecule has 0 unspecified atom stereocenters. The summed E-state index contributed by atoms with van der Waals surface area (Å²) in [5.74, 6) is 0.280. The lowest BCUT2D eigenvalue weighted by Crippen LogP contribution is -2.08. The highest BCUT2D eigenvalue weighted by molar-refractivity contribution is 5.63. The van der Waals surface area contributed by atoms with Gasteiger partial charge in [0.05, 0.1) is 17.6 Å². The van der Waals surface area contributed by atoms with Gasteiger partial charge in [0.15, 0.2) is 5.82 Å². The Kier molecular flexibility index (Phi) is 2.74. The highest BCUT2D eigenvalue weighted by atomic mass is 19.4. The fourth-order valence-electron chi connectivity index (χ4n) is 1.71. The summed E-state index contributed by atoms with van der Waals surface area (Å²) >= 11 is 0. The summed E-state index contributed by atoms with van der Waals surface area (Å²) in [6, 6.07) is 0.993. The van der Waals surface area contributed by atoms with E-state index in [9.17, 15) is 13.2 Å². The number of rotatable bonds is 2. The molecule has 0 amide bonds. The van der Waals surface area contributed by atoms with Crippen LogP contribution in [0.2, 0.25) is 0 Å². The van der Waals surface area contributed by atoms with Gasteiger partial charge in [-0.1, -0.05) is 0 Å². The minimum Gasteiger partial charge on any atom is -0.304 e. The SMILES string of the molecule is FC(F)(F)c1cnc(-c2ncn[nH]2)c(-n2ccnc2)c1. The molecule has 0 spiro atoms. The van der Waals surface area contributed by atoms with Crippen LogP contribution in [0.4, 0.5) is 13.2 Å². The molecule has 3 aromatic heterocycles. The average Bonchev–Trinajstić information content (AvgIpc) is 3.10. The number of alkyl halides is 3. The van der Waals surface area contributed by atoms with Gasteiger partial charge in [0.2, 0.25) is 0 Å². The standard InChI is InChI=1S/C11H7F3N6/c12-11(13,14)7-3-8(20-2-1-15-6-20)9(16-4-7)10-17-5-18-19-10/h1-6H,(H,17,18,19). The van der Waals surface area contributed by atoms with Crippen molar-refractivity contribution in [2.45, 2.75) is 6.18 Å². The fourth-order valence-corrected chi connectivity index (χ4v) is 1.71. The first-order valence-corrected chi connectivity index (χ1v) is 5.47. The molecule has 3 heterocycles. The first kappa shape index (κ1) is 12.3. The molecule has 0 aromatic carbocycles. The summed E-state index contributed by atoms with van der Waals surface area (Å²) in [5, 5.41) is 6.24. The van der Waals surface area contributed by atoms with Crippen molar-refractivity contribution in [2.24, 2.45) is 0 Å². The van der Waals surface area contributed by atoms with Gasteiger partial charge in [0, 0.05) is 18.6 Å². The first-order valence-electron chi connectivity index (χ1n) is 5.47. The Morgan fingerprint density at radius 3 is 2.65 bits per heavy atom. The van der Waals surface area contributed by atoms with Crippen LogP contribution in [0.3, 0.4) is 0 Å². The van der Waals surface area contributed by atoms with Gasteiger partial charge in [-0.2, -0.15) is 18.3 Å². The Hall–Kier alpha value is -2.71. The van der Waals surface area contributed by atoms with Crippen LogP contribution in [-0.4, -0.2) is 29.7 Å². The van der Waals surface area contributed by atoms with Crippen LogP contribution in [-0.2, 0) is 6.18 Å².